The summed E-state index contributed by atoms with van der Waals surface area (Å²) < 4.78 is 2.52. The lowest BCUT2D eigenvalue weighted by Crippen LogP contribution is -2.35. The number of H-pyrrole nitrogens is 1. The van der Waals surface area contributed by atoms with Crippen molar-refractivity contribution < 1.29 is 4.79 Å². The van der Waals surface area contributed by atoms with Crippen LogP contribution < -0.4 is 5.32 Å². The number of piperidine rings is 1. The van der Waals surface area contributed by atoms with Crippen molar-refractivity contribution in [1.29, 1.82) is 0 Å². The molecule has 6 heteroatoms. The Morgan fingerprint density at radius 2 is 2.12 bits per heavy atom. The van der Waals surface area contributed by atoms with E-state index < -0.39 is 0 Å². The van der Waals surface area contributed by atoms with E-state index in [4.69, 9.17) is 12.2 Å². The first-order valence-corrected chi connectivity index (χ1v) is 9.91. The summed E-state index contributed by atoms with van der Waals surface area (Å²) in [7, 11) is 0. The van der Waals surface area contributed by atoms with E-state index in [0.29, 0.717) is 10.3 Å². The maximum Gasteiger partial charge on any atom is 0.251 e. The minimum absolute atomic E-state index is 0.0131. The van der Waals surface area contributed by atoms with Crippen LogP contribution in [0.25, 0.3) is 5.69 Å². The predicted molar refractivity (Wildman–Crippen MR) is 107 cm³/mol. The van der Waals surface area contributed by atoms with Gasteiger partial charge in [-0.1, -0.05) is 6.92 Å². The lowest BCUT2D eigenvalue weighted by molar-refractivity contribution is 0.0952. The number of nitrogens with one attached hydrogen (secondary N) is 2. The molecule has 1 aromatic heterocycles. The number of amides is 1. The number of aromatic nitrogens is 2. The number of carbonyl (C=O) groups is 1. The Labute approximate surface area is 160 Å². The molecule has 1 amide bonds. The van der Waals surface area contributed by atoms with Crippen molar-refractivity contribution in [2.75, 3.05) is 26.2 Å². The number of hydrogen-bond acceptors (Lipinski definition) is 3. The Hall–Kier alpha value is -1.92. The second-order valence-electron chi connectivity index (χ2n) is 7.19. The van der Waals surface area contributed by atoms with E-state index >= 15 is 0 Å². The van der Waals surface area contributed by atoms with E-state index in [2.05, 4.69) is 22.1 Å². The second-order valence-corrected chi connectivity index (χ2v) is 7.58. The fraction of sp³-hybridized carbons (Fsp3) is 0.500. The van der Waals surface area contributed by atoms with Gasteiger partial charge in [0, 0.05) is 36.7 Å². The Kier molecular flexibility index (Phi) is 6.63. The zero-order chi connectivity index (χ0) is 18.4. The molecular weight excluding hydrogens is 344 g/mol. The first-order valence-electron chi connectivity index (χ1n) is 9.50. The smallest absolute Gasteiger partial charge is 0.251 e. The summed E-state index contributed by atoms with van der Waals surface area (Å²) in [5.41, 5.74) is 1.63. The zero-order valence-electron chi connectivity index (χ0n) is 15.4. The van der Waals surface area contributed by atoms with Gasteiger partial charge in [-0.25, -0.2) is 0 Å². The van der Waals surface area contributed by atoms with Crippen molar-refractivity contribution in [1.82, 2.24) is 19.8 Å². The molecule has 1 aromatic carbocycles. The quantitative estimate of drug-likeness (QED) is 0.574. The van der Waals surface area contributed by atoms with Crippen LogP contribution in [-0.2, 0) is 0 Å². The van der Waals surface area contributed by atoms with Crippen molar-refractivity contribution >= 4 is 18.1 Å². The normalized spacial score (nSPS) is 18.0. The third-order valence-corrected chi connectivity index (χ3v) is 5.30. The van der Waals surface area contributed by atoms with Gasteiger partial charge in [0.2, 0.25) is 0 Å². The summed E-state index contributed by atoms with van der Waals surface area (Å²) >= 11 is 5.21. The third-order valence-electron chi connectivity index (χ3n) is 4.98. The van der Waals surface area contributed by atoms with Crippen LogP contribution in [0.2, 0.25) is 0 Å². The fourth-order valence-corrected chi connectivity index (χ4v) is 3.79. The number of carbonyl (C=O) groups excluding carboxylic acids is 1. The number of nitrogens with zero attached hydrogens (tertiary/aromatic N) is 2. The van der Waals surface area contributed by atoms with Crippen molar-refractivity contribution in [3.05, 3.63) is 47.0 Å². The molecule has 1 aliphatic heterocycles. The van der Waals surface area contributed by atoms with Gasteiger partial charge >= 0.3 is 0 Å². The van der Waals surface area contributed by atoms with Crippen molar-refractivity contribution in [2.45, 2.75) is 32.6 Å². The molecule has 0 unspecified atom stereocenters. The lowest BCUT2D eigenvalue weighted by Gasteiger charge is -2.30. The Balaban J connectivity index is 1.39. The van der Waals surface area contributed by atoms with Crippen molar-refractivity contribution in [3.63, 3.8) is 0 Å². The summed E-state index contributed by atoms with van der Waals surface area (Å²) in [4.78, 5) is 17.8. The van der Waals surface area contributed by atoms with Crippen molar-refractivity contribution in [2.24, 2.45) is 5.92 Å². The molecule has 2 heterocycles. The summed E-state index contributed by atoms with van der Waals surface area (Å²) in [6, 6.07) is 7.51. The summed E-state index contributed by atoms with van der Waals surface area (Å²) in [5, 5.41) is 3.02. The van der Waals surface area contributed by atoms with Gasteiger partial charge in [0.1, 0.15) is 0 Å². The molecule has 0 saturated carbocycles. The minimum Gasteiger partial charge on any atom is -0.352 e. The average Bonchev–Trinajstić information content (AvgIpc) is 3.07. The standard InChI is InChI=1S/C20H28N4OS/c1-16-5-4-13-23(15-16)12-3-2-10-21-19(25)17-6-8-18(9-7-17)24-14-11-22-20(24)26/h6-9,11,14,16H,2-5,10,12-13,15H2,1H3,(H,21,25)(H,22,26)/t16-/m1/s1. The zero-order valence-corrected chi connectivity index (χ0v) is 16.2. The molecule has 1 saturated heterocycles. The molecule has 0 aliphatic carbocycles. The lowest BCUT2D eigenvalue weighted by atomic mass is 10.0. The molecule has 2 N–H and O–H groups in total. The number of imidazole rings is 1. The fourth-order valence-electron chi connectivity index (χ4n) is 3.55. The summed E-state index contributed by atoms with van der Waals surface area (Å²) in [6.07, 6.45) is 8.52. The van der Waals surface area contributed by atoms with Gasteiger partial charge in [-0.2, -0.15) is 0 Å². The molecule has 26 heavy (non-hydrogen) atoms. The third kappa shape index (κ3) is 5.05. The molecule has 0 radical (unpaired) electrons. The summed E-state index contributed by atoms with van der Waals surface area (Å²) in [6.45, 7) is 6.67. The highest BCUT2D eigenvalue weighted by molar-refractivity contribution is 7.71. The van der Waals surface area contributed by atoms with Crippen LogP contribution in [0, 0.1) is 10.7 Å². The van der Waals surface area contributed by atoms with Gasteiger partial charge in [-0.15, -0.1) is 0 Å². The van der Waals surface area contributed by atoms with Crippen molar-refractivity contribution in [3.8, 4) is 5.69 Å². The van der Waals surface area contributed by atoms with Gasteiger partial charge in [0.15, 0.2) is 4.77 Å². The van der Waals surface area contributed by atoms with Gasteiger partial charge in [0.25, 0.3) is 5.91 Å². The monoisotopic (exact) mass is 372 g/mol. The molecule has 1 atom stereocenters. The van der Waals surface area contributed by atoms with E-state index in [1.54, 1.807) is 6.20 Å². The number of likely N-dealkylation sites (tertiary alicyclic amines) is 1. The van der Waals surface area contributed by atoms with Crippen LogP contribution in [0.4, 0.5) is 0 Å². The van der Waals surface area contributed by atoms with E-state index in [1.807, 2.05) is 35.0 Å². The van der Waals surface area contributed by atoms with Crippen LogP contribution in [0.15, 0.2) is 36.7 Å². The highest BCUT2D eigenvalue weighted by atomic mass is 32.1. The predicted octanol–water partition coefficient (Wildman–Crippen LogP) is 3.78. The number of unbranched alkanes of at least 4 members (excludes halogenated alkanes) is 1. The Bertz CT molecular complexity index is 765. The summed E-state index contributed by atoms with van der Waals surface area (Å²) in [5.74, 6) is 0.813. The number of aromatic amines is 1. The molecule has 140 valence electrons. The molecule has 0 bridgehead atoms. The highest BCUT2D eigenvalue weighted by Crippen LogP contribution is 2.15. The first-order chi connectivity index (χ1) is 12.6. The largest absolute Gasteiger partial charge is 0.352 e. The Morgan fingerprint density at radius 1 is 1.31 bits per heavy atom. The molecular formula is C20H28N4OS. The minimum atomic E-state index is -0.0131. The second kappa shape index (κ2) is 9.14. The van der Waals surface area contributed by atoms with Gasteiger partial charge < -0.3 is 15.2 Å². The van der Waals surface area contributed by atoms with Gasteiger partial charge in [0.05, 0.1) is 0 Å². The van der Waals surface area contributed by atoms with Crippen LogP contribution >= 0.6 is 12.2 Å². The van der Waals surface area contributed by atoms with Gasteiger partial charge in [-0.05, 0) is 81.2 Å². The molecule has 1 aliphatic rings. The van der Waals surface area contributed by atoms with E-state index in [1.165, 1.54) is 25.9 Å². The molecule has 0 spiro atoms. The van der Waals surface area contributed by atoms with Crippen LogP contribution in [0.1, 0.15) is 43.0 Å². The number of hydrogen-bond donors (Lipinski definition) is 2. The molecule has 5 nitrogen and oxygen atoms in total. The first kappa shape index (κ1) is 18.9. The van der Waals surface area contributed by atoms with Crippen LogP contribution in [0.3, 0.4) is 0 Å². The van der Waals surface area contributed by atoms with Gasteiger partial charge in [-0.3, -0.25) is 9.36 Å². The van der Waals surface area contributed by atoms with Crippen LogP contribution in [-0.4, -0.2) is 46.5 Å². The average molecular weight is 373 g/mol. The topological polar surface area (TPSA) is 53.1 Å². The van der Waals surface area contributed by atoms with Crippen LogP contribution in [0.5, 0.6) is 0 Å². The molecule has 3 rings (SSSR count). The number of benzene rings is 1. The number of rotatable bonds is 7. The molecule has 1 fully saturated rings. The Morgan fingerprint density at radius 3 is 2.81 bits per heavy atom. The highest BCUT2D eigenvalue weighted by Gasteiger charge is 2.15. The van der Waals surface area contributed by atoms with E-state index in [9.17, 15) is 4.79 Å². The maximum absolute atomic E-state index is 12.3. The molecule has 2 aromatic rings. The van der Waals surface area contributed by atoms with E-state index in [0.717, 1.165) is 37.5 Å². The van der Waals surface area contributed by atoms with E-state index in [-0.39, 0.29) is 5.91 Å². The SMILES string of the molecule is C[C@@H]1CCCN(CCCCNC(=O)c2ccc(-n3cc[nH]c3=S)cc2)C1. The maximum atomic E-state index is 12.3.